The number of hydrogen-bond acceptors (Lipinski definition) is 7. The minimum Gasteiger partial charge on any atom is -0.397 e. The minimum atomic E-state index is 0.189. The second-order valence-electron chi connectivity index (χ2n) is 4.56. The molecular formula is C12H14N4O2S. The van der Waals surface area contributed by atoms with Crippen molar-refractivity contribution in [3.8, 4) is 0 Å². The molecule has 6 nitrogen and oxygen atoms in total. The average Bonchev–Trinajstić information content (AvgIpc) is 3.00. The summed E-state index contributed by atoms with van der Waals surface area (Å²) < 4.78 is 4.65. The van der Waals surface area contributed by atoms with E-state index in [9.17, 15) is 4.79 Å². The van der Waals surface area contributed by atoms with Gasteiger partial charge in [-0.2, -0.15) is 4.98 Å². The molecule has 2 aromatic heterocycles. The zero-order valence-corrected chi connectivity index (χ0v) is 11.1. The lowest BCUT2D eigenvalue weighted by Gasteiger charge is -1.99. The van der Waals surface area contributed by atoms with E-state index < -0.39 is 0 Å². The van der Waals surface area contributed by atoms with Gasteiger partial charge in [-0.3, -0.25) is 4.79 Å². The van der Waals surface area contributed by atoms with Crippen LogP contribution in [-0.4, -0.2) is 22.5 Å². The summed E-state index contributed by atoms with van der Waals surface area (Å²) in [6.07, 6.45) is 3.97. The number of carbonyl (C=O) groups is 1. The summed E-state index contributed by atoms with van der Waals surface area (Å²) >= 11 is 1.42. The van der Waals surface area contributed by atoms with Crippen LogP contribution in [0.4, 0.5) is 10.7 Å². The van der Waals surface area contributed by atoms with E-state index in [1.807, 2.05) is 6.07 Å². The van der Waals surface area contributed by atoms with Crippen molar-refractivity contribution >= 4 is 27.8 Å². The first-order chi connectivity index (χ1) is 9.24. The van der Waals surface area contributed by atoms with Gasteiger partial charge in [0.25, 0.3) is 0 Å². The molecular weight excluding hydrogens is 264 g/mol. The van der Waals surface area contributed by atoms with Crippen LogP contribution in [0, 0.1) is 5.92 Å². The van der Waals surface area contributed by atoms with Gasteiger partial charge in [-0.25, -0.2) is 0 Å². The molecule has 1 saturated carbocycles. The smallest absolute Gasteiger partial charge is 0.213 e. The predicted molar refractivity (Wildman–Crippen MR) is 72.3 cm³/mol. The molecule has 100 valence electrons. The van der Waals surface area contributed by atoms with Crippen LogP contribution in [0.2, 0.25) is 0 Å². The number of nitrogens with two attached hydrogens (primary N) is 1. The second kappa shape index (κ2) is 5.00. The Kier molecular flexibility index (Phi) is 3.20. The summed E-state index contributed by atoms with van der Waals surface area (Å²) in [6, 6.07) is 1.82. The molecule has 3 rings (SSSR count). The SMILES string of the molecule is Nc1cc(NCCc2ncon2)sc1C(=O)C1CC1. The lowest BCUT2D eigenvalue weighted by molar-refractivity contribution is 0.0972. The number of hydrogen-bond donors (Lipinski definition) is 2. The Hall–Kier alpha value is -1.89. The van der Waals surface area contributed by atoms with Crippen molar-refractivity contribution in [2.24, 2.45) is 5.92 Å². The van der Waals surface area contributed by atoms with E-state index >= 15 is 0 Å². The van der Waals surface area contributed by atoms with E-state index in [4.69, 9.17) is 5.73 Å². The third-order valence-corrected chi connectivity index (χ3v) is 4.11. The molecule has 2 heterocycles. The first-order valence-corrected chi connectivity index (χ1v) is 6.98. The Bertz CT molecular complexity index is 575. The van der Waals surface area contributed by atoms with E-state index in [1.54, 1.807) is 0 Å². The van der Waals surface area contributed by atoms with Gasteiger partial charge in [0.2, 0.25) is 6.39 Å². The molecule has 0 unspecified atom stereocenters. The number of nitrogen functional groups attached to an aromatic ring is 1. The molecule has 0 aliphatic heterocycles. The largest absolute Gasteiger partial charge is 0.397 e. The van der Waals surface area contributed by atoms with Gasteiger partial charge < -0.3 is 15.6 Å². The number of nitrogens with one attached hydrogen (secondary N) is 1. The highest BCUT2D eigenvalue weighted by atomic mass is 32.1. The summed E-state index contributed by atoms with van der Waals surface area (Å²) in [5.41, 5.74) is 6.46. The third-order valence-electron chi connectivity index (χ3n) is 2.99. The summed E-state index contributed by atoms with van der Waals surface area (Å²) in [5.74, 6) is 1.05. The highest BCUT2D eigenvalue weighted by Crippen LogP contribution is 2.38. The summed E-state index contributed by atoms with van der Waals surface area (Å²) in [7, 11) is 0. The fourth-order valence-electron chi connectivity index (χ4n) is 1.82. The Morgan fingerprint density at radius 3 is 3.11 bits per heavy atom. The van der Waals surface area contributed by atoms with Crippen LogP contribution in [0.1, 0.15) is 28.3 Å². The molecule has 19 heavy (non-hydrogen) atoms. The number of aromatic nitrogens is 2. The lowest BCUT2D eigenvalue weighted by atomic mass is 10.2. The Labute approximate surface area is 114 Å². The van der Waals surface area contributed by atoms with Crippen molar-refractivity contribution in [1.29, 1.82) is 0 Å². The van der Waals surface area contributed by atoms with Crippen molar-refractivity contribution in [2.75, 3.05) is 17.6 Å². The molecule has 0 spiro atoms. The normalized spacial score (nSPS) is 14.5. The third kappa shape index (κ3) is 2.76. The van der Waals surface area contributed by atoms with Gasteiger partial charge in [-0.05, 0) is 18.9 Å². The molecule has 0 radical (unpaired) electrons. The topological polar surface area (TPSA) is 94.0 Å². The molecule has 0 saturated heterocycles. The molecule has 1 aliphatic carbocycles. The number of nitrogens with zero attached hydrogens (tertiary/aromatic N) is 2. The zero-order valence-electron chi connectivity index (χ0n) is 10.3. The molecule has 0 atom stereocenters. The van der Waals surface area contributed by atoms with Crippen molar-refractivity contribution in [1.82, 2.24) is 10.1 Å². The number of carbonyl (C=O) groups excluding carboxylic acids is 1. The van der Waals surface area contributed by atoms with Crippen LogP contribution < -0.4 is 11.1 Å². The van der Waals surface area contributed by atoms with Gasteiger partial charge in [0.15, 0.2) is 11.6 Å². The molecule has 1 fully saturated rings. The lowest BCUT2D eigenvalue weighted by Crippen LogP contribution is -2.04. The van der Waals surface area contributed by atoms with Crippen LogP contribution in [0.25, 0.3) is 0 Å². The monoisotopic (exact) mass is 278 g/mol. The van der Waals surface area contributed by atoms with Crippen LogP contribution in [0.3, 0.4) is 0 Å². The zero-order chi connectivity index (χ0) is 13.2. The van der Waals surface area contributed by atoms with E-state index in [-0.39, 0.29) is 11.7 Å². The van der Waals surface area contributed by atoms with Crippen molar-refractivity contribution < 1.29 is 9.32 Å². The maximum absolute atomic E-state index is 12.0. The molecule has 0 bridgehead atoms. The first kappa shape index (κ1) is 12.2. The molecule has 7 heteroatoms. The molecule has 0 aromatic carbocycles. The van der Waals surface area contributed by atoms with Gasteiger partial charge in [0, 0.05) is 18.9 Å². The van der Waals surface area contributed by atoms with Crippen molar-refractivity contribution in [2.45, 2.75) is 19.3 Å². The van der Waals surface area contributed by atoms with Crippen LogP contribution in [0.5, 0.6) is 0 Å². The van der Waals surface area contributed by atoms with E-state index in [0.29, 0.717) is 29.4 Å². The Morgan fingerprint density at radius 1 is 1.58 bits per heavy atom. The van der Waals surface area contributed by atoms with Crippen molar-refractivity contribution in [3.05, 3.63) is 23.2 Å². The number of Topliss-reactive ketones (excluding diaryl/α,β-unsaturated/α-hetero) is 1. The Balaban J connectivity index is 1.59. The van der Waals surface area contributed by atoms with E-state index in [0.717, 1.165) is 17.8 Å². The first-order valence-electron chi connectivity index (χ1n) is 6.16. The fourth-order valence-corrected chi connectivity index (χ4v) is 2.84. The molecule has 2 aromatic rings. The highest BCUT2D eigenvalue weighted by molar-refractivity contribution is 7.18. The quantitative estimate of drug-likeness (QED) is 0.784. The number of ketones is 1. The number of thiophene rings is 1. The average molecular weight is 278 g/mol. The molecule has 0 amide bonds. The highest BCUT2D eigenvalue weighted by Gasteiger charge is 2.32. The maximum atomic E-state index is 12.0. The molecule has 1 aliphatic rings. The van der Waals surface area contributed by atoms with E-state index in [1.165, 1.54) is 17.7 Å². The summed E-state index contributed by atoms with van der Waals surface area (Å²) in [5, 5.41) is 7.86. The van der Waals surface area contributed by atoms with Gasteiger partial charge in [-0.15, -0.1) is 11.3 Å². The fraction of sp³-hybridized carbons (Fsp3) is 0.417. The van der Waals surface area contributed by atoms with Gasteiger partial charge in [-0.1, -0.05) is 5.16 Å². The van der Waals surface area contributed by atoms with Gasteiger partial charge in [0.05, 0.1) is 15.6 Å². The van der Waals surface area contributed by atoms with Crippen LogP contribution in [-0.2, 0) is 6.42 Å². The minimum absolute atomic E-state index is 0.189. The van der Waals surface area contributed by atoms with Gasteiger partial charge >= 0.3 is 0 Å². The van der Waals surface area contributed by atoms with Gasteiger partial charge in [0.1, 0.15) is 0 Å². The second-order valence-corrected chi connectivity index (χ2v) is 5.61. The molecule has 3 N–H and O–H groups in total. The summed E-state index contributed by atoms with van der Waals surface area (Å²) in [6.45, 7) is 0.677. The summed E-state index contributed by atoms with van der Waals surface area (Å²) in [4.78, 5) is 16.6. The van der Waals surface area contributed by atoms with Crippen LogP contribution >= 0.6 is 11.3 Å². The van der Waals surface area contributed by atoms with Crippen LogP contribution in [0.15, 0.2) is 17.0 Å². The predicted octanol–water partition coefficient (Wildman–Crippen LogP) is 1.96. The number of rotatable bonds is 6. The maximum Gasteiger partial charge on any atom is 0.213 e. The standard InChI is InChI=1S/C12H14N4O2S/c13-8-5-10(14-4-3-9-15-6-18-16-9)19-12(8)11(17)7-1-2-7/h5-7,14H,1-4,13H2. The Morgan fingerprint density at radius 2 is 2.42 bits per heavy atom. The van der Waals surface area contributed by atoms with E-state index in [2.05, 4.69) is 20.0 Å². The number of anilines is 2. The van der Waals surface area contributed by atoms with Crippen molar-refractivity contribution in [3.63, 3.8) is 0 Å².